The van der Waals surface area contributed by atoms with Gasteiger partial charge in [-0.05, 0) is 37.8 Å². The Morgan fingerprint density at radius 1 is 1.15 bits per heavy atom. The number of aryl methyl sites for hydroxylation is 1. The minimum absolute atomic E-state index is 0.180. The molecule has 1 N–H and O–H groups in total. The zero-order valence-electron chi connectivity index (χ0n) is 12.4. The van der Waals surface area contributed by atoms with Crippen molar-refractivity contribution in [3.8, 4) is 0 Å². The molecule has 112 valence electrons. The minimum atomic E-state index is -3.16. The molecular weight excluding hydrogens is 270 g/mol. The molecule has 4 heteroatoms. The molecule has 0 amide bonds. The van der Waals surface area contributed by atoms with E-state index in [0.717, 1.165) is 5.56 Å². The van der Waals surface area contributed by atoms with E-state index in [4.69, 9.17) is 0 Å². The van der Waals surface area contributed by atoms with Crippen LogP contribution in [0.2, 0.25) is 0 Å². The summed E-state index contributed by atoms with van der Waals surface area (Å²) in [6, 6.07) is 7.59. The highest BCUT2D eigenvalue weighted by atomic mass is 32.2. The van der Waals surface area contributed by atoms with Crippen molar-refractivity contribution in [2.24, 2.45) is 5.92 Å². The average molecular weight is 295 g/mol. The number of rotatable bonds is 5. The van der Waals surface area contributed by atoms with Crippen LogP contribution in [-0.4, -0.2) is 26.8 Å². The lowest BCUT2D eigenvalue weighted by atomic mass is 9.86. The molecule has 0 spiro atoms. The maximum Gasteiger partial charge on any atom is 0.179 e. The van der Waals surface area contributed by atoms with Gasteiger partial charge in [-0.2, -0.15) is 0 Å². The second kappa shape index (κ2) is 6.72. The van der Waals surface area contributed by atoms with Crippen LogP contribution in [0, 0.1) is 12.8 Å². The van der Waals surface area contributed by atoms with Crippen molar-refractivity contribution in [1.82, 2.24) is 5.32 Å². The summed E-state index contributed by atoms with van der Waals surface area (Å²) < 4.78 is 24.5. The van der Waals surface area contributed by atoms with E-state index < -0.39 is 9.84 Å². The Hall–Kier alpha value is -0.870. The summed E-state index contributed by atoms with van der Waals surface area (Å²) in [5.74, 6) is 0.838. The van der Waals surface area contributed by atoms with Gasteiger partial charge in [0.15, 0.2) is 9.84 Å². The van der Waals surface area contributed by atoms with Crippen LogP contribution in [0.15, 0.2) is 29.2 Å². The van der Waals surface area contributed by atoms with Gasteiger partial charge in [-0.15, -0.1) is 0 Å². The van der Waals surface area contributed by atoms with E-state index in [1.165, 1.54) is 25.7 Å². The fourth-order valence-corrected chi connectivity index (χ4v) is 4.03. The van der Waals surface area contributed by atoms with Gasteiger partial charge in [0.25, 0.3) is 0 Å². The van der Waals surface area contributed by atoms with Gasteiger partial charge in [0.2, 0.25) is 0 Å². The molecular formula is C16H25NO2S. The number of sulfone groups is 1. The fourth-order valence-electron chi connectivity index (χ4n) is 2.86. The molecule has 0 aliphatic heterocycles. The second-order valence-corrected chi connectivity index (χ2v) is 8.06. The summed E-state index contributed by atoms with van der Waals surface area (Å²) in [6.45, 7) is 4.76. The SMILES string of the molecule is Cc1ccc(S(=O)(=O)CCNC2CCCCC2C)cc1. The highest BCUT2D eigenvalue weighted by Crippen LogP contribution is 2.23. The van der Waals surface area contributed by atoms with Gasteiger partial charge < -0.3 is 5.32 Å². The van der Waals surface area contributed by atoms with Crippen molar-refractivity contribution >= 4 is 9.84 Å². The maximum absolute atomic E-state index is 12.2. The molecule has 0 saturated heterocycles. The summed E-state index contributed by atoms with van der Waals surface area (Å²) in [7, 11) is -3.16. The molecule has 0 aromatic heterocycles. The molecule has 2 unspecified atom stereocenters. The molecule has 0 radical (unpaired) electrons. The van der Waals surface area contributed by atoms with Crippen LogP contribution in [-0.2, 0) is 9.84 Å². The fraction of sp³-hybridized carbons (Fsp3) is 0.625. The molecule has 1 aliphatic carbocycles. The van der Waals surface area contributed by atoms with E-state index in [1.54, 1.807) is 12.1 Å². The molecule has 1 saturated carbocycles. The summed E-state index contributed by atoms with van der Waals surface area (Å²) in [4.78, 5) is 0.432. The summed E-state index contributed by atoms with van der Waals surface area (Å²) >= 11 is 0. The smallest absolute Gasteiger partial charge is 0.179 e. The van der Waals surface area contributed by atoms with E-state index >= 15 is 0 Å². The zero-order chi connectivity index (χ0) is 14.6. The van der Waals surface area contributed by atoms with E-state index in [-0.39, 0.29) is 5.75 Å². The van der Waals surface area contributed by atoms with Crippen LogP contribution in [0.25, 0.3) is 0 Å². The average Bonchev–Trinajstić information content (AvgIpc) is 2.41. The zero-order valence-corrected chi connectivity index (χ0v) is 13.2. The largest absolute Gasteiger partial charge is 0.313 e. The van der Waals surface area contributed by atoms with Gasteiger partial charge in [0.1, 0.15) is 0 Å². The third-order valence-corrected chi connectivity index (χ3v) is 6.00. The topological polar surface area (TPSA) is 46.2 Å². The van der Waals surface area contributed by atoms with Gasteiger partial charge in [-0.25, -0.2) is 8.42 Å². The van der Waals surface area contributed by atoms with Crippen molar-refractivity contribution in [2.45, 2.75) is 50.5 Å². The molecule has 1 aromatic rings. The lowest BCUT2D eigenvalue weighted by Gasteiger charge is -2.29. The number of hydrogen-bond donors (Lipinski definition) is 1. The van der Waals surface area contributed by atoms with Gasteiger partial charge in [0.05, 0.1) is 10.6 Å². The molecule has 1 fully saturated rings. The normalized spacial score (nSPS) is 23.7. The van der Waals surface area contributed by atoms with Crippen LogP contribution in [0.3, 0.4) is 0 Å². The van der Waals surface area contributed by atoms with E-state index in [2.05, 4.69) is 12.2 Å². The highest BCUT2D eigenvalue weighted by molar-refractivity contribution is 7.91. The Balaban J connectivity index is 1.87. The first-order valence-corrected chi connectivity index (χ1v) is 9.17. The molecule has 2 atom stereocenters. The second-order valence-electron chi connectivity index (χ2n) is 5.95. The molecule has 0 heterocycles. The van der Waals surface area contributed by atoms with Crippen molar-refractivity contribution in [3.05, 3.63) is 29.8 Å². The standard InChI is InChI=1S/C16H25NO2S/c1-13-7-9-15(10-8-13)20(18,19)12-11-17-16-6-4-3-5-14(16)2/h7-10,14,16-17H,3-6,11-12H2,1-2H3. The summed E-state index contributed by atoms with van der Waals surface area (Å²) in [5, 5.41) is 3.43. The van der Waals surface area contributed by atoms with Crippen LogP contribution >= 0.6 is 0 Å². The monoisotopic (exact) mass is 295 g/mol. The quantitative estimate of drug-likeness (QED) is 0.908. The molecule has 2 rings (SSSR count). The molecule has 20 heavy (non-hydrogen) atoms. The Morgan fingerprint density at radius 3 is 2.45 bits per heavy atom. The number of benzene rings is 1. The Bertz CT molecular complexity index is 522. The van der Waals surface area contributed by atoms with E-state index in [0.29, 0.717) is 23.4 Å². The highest BCUT2D eigenvalue weighted by Gasteiger charge is 2.21. The minimum Gasteiger partial charge on any atom is -0.313 e. The molecule has 0 bridgehead atoms. The van der Waals surface area contributed by atoms with E-state index in [1.807, 2.05) is 19.1 Å². The first kappa shape index (κ1) is 15.5. The predicted octanol–water partition coefficient (Wildman–Crippen LogP) is 2.94. The van der Waals surface area contributed by atoms with Crippen LogP contribution in [0.1, 0.15) is 38.2 Å². The van der Waals surface area contributed by atoms with E-state index in [9.17, 15) is 8.42 Å². The first-order chi connectivity index (χ1) is 9.49. The Labute approximate surface area is 122 Å². The summed E-state index contributed by atoms with van der Waals surface area (Å²) in [5.41, 5.74) is 1.08. The lowest BCUT2D eigenvalue weighted by molar-refractivity contribution is 0.285. The maximum atomic E-state index is 12.2. The van der Waals surface area contributed by atoms with Gasteiger partial charge >= 0.3 is 0 Å². The van der Waals surface area contributed by atoms with Gasteiger partial charge in [-0.3, -0.25) is 0 Å². The number of hydrogen-bond acceptors (Lipinski definition) is 3. The van der Waals surface area contributed by atoms with Crippen molar-refractivity contribution in [2.75, 3.05) is 12.3 Å². The lowest BCUT2D eigenvalue weighted by Crippen LogP contribution is -2.39. The van der Waals surface area contributed by atoms with Crippen molar-refractivity contribution < 1.29 is 8.42 Å². The van der Waals surface area contributed by atoms with Crippen LogP contribution in [0.5, 0.6) is 0 Å². The number of nitrogens with one attached hydrogen (secondary N) is 1. The molecule has 1 aromatic carbocycles. The van der Waals surface area contributed by atoms with Gasteiger partial charge in [0, 0.05) is 12.6 Å². The van der Waals surface area contributed by atoms with Crippen molar-refractivity contribution in [1.29, 1.82) is 0 Å². The third-order valence-electron chi connectivity index (χ3n) is 4.27. The van der Waals surface area contributed by atoms with Crippen molar-refractivity contribution in [3.63, 3.8) is 0 Å². The van der Waals surface area contributed by atoms with Gasteiger partial charge in [-0.1, -0.05) is 37.5 Å². The predicted molar refractivity (Wildman–Crippen MR) is 82.7 cm³/mol. The molecule has 3 nitrogen and oxygen atoms in total. The summed E-state index contributed by atoms with van der Waals surface area (Å²) in [6.07, 6.45) is 4.99. The van der Waals surface area contributed by atoms with Crippen LogP contribution < -0.4 is 5.32 Å². The van der Waals surface area contributed by atoms with Crippen LogP contribution in [0.4, 0.5) is 0 Å². The third kappa shape index (κ3) is 4.06. The Morgan fingerprint density at radius 2 is 1.80 bits per heavy atom. The molecule has 1 aliphatic rings. The Kier molecular flexibility index (Phi) is 5.22. The first-order valence-electron chi connectivity index (χ1n) is 7.52.